The minimum Gasteiger partial charge on any atom is -0.353 e. The van der Waals surface area contributed by atoms with Gasteiger partial charge in [-0.15, -0.1) is 12.4 Å². The van der Waals surface area contributed by atoms with Crippen LogP contribution in [0.25, 0.3) is 0 Å². The Morgan fingerprint density at radius 1 is 1.04 bits per heavy atom. The summed E-state index contributed by atoms with van der Waals surface area (Å²) in [6.45, 7) is 1.59. The van der Waals surface area contributed by atoms with Crippen LogP contribution in [0.1, 0.15) is 28.8 Å². The van der Waals surface area contributed by atoms with Crippen LogP contribution in [0.4, 0.5) is 0 Å². The third kappa shape index (κ3) is 6.38. The molecule has 1 aliphatic heterocycles. The van der Waals surface area contributed by atoms with E-state index in [1.165, 1.54) is 0 Å². The molecule has 0 spiro atoms. The first kappa shape index (κ1) is 20.9. The van der Waals surface area contributed by atoms with Crippen LogP contribution in [-0.2, 0) is 11.2 Å². The van der Waals surface area contributed by atoms with Crippen molar-refractivity contribution in [2.45, 2.75) is 31.3 Å². The van der Waals surface area contributed by atoms with Gasteiger partial charge in [0, 0.05) is 24.6 Å². The van der Waals surface area contributed by atoms with Crippen molar-refractivity contribution in [1.29, 1.82) is 0 Å². The highest BCUT2D eigenvalue weighted by atomic mass is 35.5. The van der Waals surface area contributed by atoms with Crippen LogP contribution in [0, 0.1) is 0 Å². The van der Waals surface area contributed by atoms with Crippen molar-refractivity contribution in [2.24, 2.45) is 0 Å². The molecule has 0 saturated carbocycles. The van der Waals surface area contributed by atoms with E-state index in [0.717, 1.165) is 24.9 Å². The maximum absolute atomic E-state index is 12.7. The van der Waals surface area contributed by atoms with Gasteiger partial charge in [-0.05, 0) is 37.1 Å². The summed E-state index contributed by atoms with van der Waals surface area (Å²) in [5.41, 5.74) is 1.57. The van der Waals surface area contributed by atoms with E-state index >= 15 is 0 Å². The van der Waals surface area contributed by atoms with Gasteiger partial charge in [-0.25, -0.2) is 0 Å². The molecule has 1 fully saturated rings. The molecule has 2 atom stereocenters. The molecular formula is C21H26ClN3O2. The van der Waals surface area contributed by atoms with Gasteiger partial charge in [0.15, 0.2) is 0 Å². The average molecular weight is 388 g/mol. The quantitative estimate of drug-likeness (QED) is 0.682. The number of halogens is 1. The number of amides is 2. The average Bonchev–Trinajstić information content (AvgIpc) is 3.20. The summed E-state index contributed by atoms with van der Waals surface area (Å²) in [4.78, 5) is 25.2. The Kier molecular flexibility index (Phi) is 8.30. The standard InChI is InChI=1S/C21H25N3O2.ClH/c25-20(17-10-5-2-6-11-17)24-19(14-16-8-3-1-4-9-16)21(26)23-15-18-12-7-13-22-18;/h1-6,8-11,18-19,22H,7,12-15H2,(H,23,26)(H,24,25);1H. The summed E-state index contributed by atoms with van der Waals surface area (Å²) in [6, 6.07) is 18.4. The lowest BCUT2D eigenvalue weighted by molar-refractivity contribution is -0.123. The Morgan fingerprint density at radius 3 is 2.33 bits per heavy atom. The van der Waals surface area contributed by atoms with Gasteiger partial charge in [-0.2, -0.15) is 0 Å². The Bertz CT molecular complexity index is 719. The van der Waals surface area contributed by atoms with E-state index in [-0.39, 0.29) is 24.2 Å². The molecule has 27 heavy (non-hydrogen) atoms. The first-order valence-corrected chi connectivity index (χ1v) is 9.13. The van der Waals surface area contributed by atoms with Gasteiger partial charge in [0.25, 0.3) is 5.91 Å². The van der Waals surface area contributed by atoms with Gasteiger partial charge in [0.05, 0.1) is 0 Å². The highest BCUT2D eigenvalue weighted by Gasteiger charge is 2.23. The van der Waals surface area contributed by atoms with Crippen molar-refractivity contribution in [1.82, 2.24) is 16.0 Å². The maximum Gasteiger partial charge on any atom is 0.251 e. The Hall–Kier alpha value is -2.37. The lowest BCUT2D eigenvalue weighted by atomic mass is 10.0. The molecule has 1 aliphatic rings. The van der Waals surface area contributed by atoms with Crippen molar-refractivity contribution in [3.63, 3.8) is 0 Å². The zero-order chi connectivity index (χ0) is 18.2. The largest absolute Gasteiger partial charge is 0.353 e. The molecule has 0 aromatic heterocycles. The van der Waals surface area contributed by atoms with Gasteiger partial charge in [0.2, 0.25) is 5.91 Å². The molecule has 0 radical (unpaired) electrons. The van der Waals surface area contributed by atoms with Gasteiger partial charge in [-0.3, -0.25) is 9.59 Å². The van der Waals surface area contributed by atoms with Crippen LogP contribution in [0.5, 0.6) is 0 Å². The van der Waals surface area contributed by atoms with Crippen LogP contribution in [0.3, 0.4) is 0 Å². The van der Waals surface area contributed by atoms with Crippen LogP contribution in [0.15, 0.2) is 60.7 Å². The SMILES string of the molecule is Cl.O=C(NC(Cc1ccccc1)C(=O)NCC1CCCN1)c1ccccc1. The summed E-state index contributed by atoms with van der Waals surface area (Å²) in [6.07, 6.45) is 2.67. The van der Waals surface area contributed by atoms with E-state index in [9.17, 15) is 9.59 Å². The molecular weight excluding hydrogens is 362 g/mol. The first-order chi connectivity index (χ1) is 12.7. The van der Waals surface area contributed by atoms with E-state index in [1.54, 1.807) is 12.1 Å². The Labute approximate surface area is 166 Å². The van der Waals surface area contributed by atoms with Crippen molar-refractivity contribution < 1.29 is 9.59 Å². The number of carbonyl (C=O) groups excluding carboxylic acids is 2. The van der Waals surface area contributed by atoms with Gasteiger partial charge in [-0.1, -0.05) is 48.5 Å². The predicted octanol–water partition coefficient (Wildman–Crippen LogP) is 2.32. The smallest absolute Gasteiger partial charge is 0.251 e. The zero-order valence-corrected chi connectivity index (χ0v) is 16.0. The third-order valence-corrected chi connectivity index (χ3v) is 4.63. The van der Waals surface area contributed by atoms with Crippen LogP contribution >= 0.6 is 12.4 Å². The number of nitrogens with one attached hydrogen (secondary N) is 3. The molecule has 2 unspecified atom stereocenters. The fraction of sp³-hybridized carbons (Fsp3) is 0.333. The Balaban J connectivity index is 0.00000261. The topological polar surface area (TPSA) is 70.2 Å². The van der Waals surface area contributed by atoms with Gasteiger partial charge < -0.3 is 16.0 Å². The summed E-state index contributed by atoms with van der Waals surface area (Å²) in [7, 11) is 0. The van der Waals surface area contributed by atoms with Crippen molar-refractivity contribution in [3.05, 3.63) is 71.8 Å². The van der Waals surface area contributed by atoms with Crippen molar-refractivity contribution >= 4 is 24.2 Å². The summed E-state index contributed by atoms with van der Waals surface area (Å²) >= 11 is 0. The second-order valence-corrected chi connectivity index (χ2v) is 6.62. The molecule has 0 bridgehead atoms. The molecule has 6 heteroatoms. The summed E-state index contributed by atoms with van der Waals surface area (Å²) in [5, 5.41) is 9.24. The highest BCUT2D eigenvalue weighted by molar-refractivity contribution is 5.97. The number of carbonyl (C=O) groups is 2. The molecule has 1 saturated heterocycles. The maximum atomic E-state index is 12.7. The van der Waals surface area contributed by atoms with E-state index in [4.69, 9.17) is 0 Å². The number of benzene rings is 2. The van der Waals surface area contributed by atoms with Crippen LogP contribution < -0.4 is 16.0 Å². The molecule has 5 nitrogen and oxygen atoms in total. The van der Waals surface area contributed by atoms with Crippen LogP contribution in [0.2, 0.25) is 0 Å². The molecule has 1 heterocycles. The first-order valence-electron chi connectivity index (χ1n) is 9.13. The monoisotopic (exact) mass is 387 g/mol. The minimum absolute atomic E-state index is 0. The lowest BCUT2D eigenvalue weighted by Gasteiger charge is -2.20. The normalized spacial score (nSPS) is 16.8. The zero-order valence-electron chi connectivity index (χ0n) is 15.2. The van der Waals surface area contributed by atoms with E-state index in [2.05, 4.69) is 16.0 Å². The highest BCUT2D eigenvalue weighted by Crippen LogP contribution is 2.07. The number of rotatable bonds is 7. The third-order valence-electron chi connectivity index (χ3n) is 4.63. The van der Waals surface area contributed by atoms with Crippen molar-refractivity contribution in [3.8, 4) is 0 Å². The Morgan fingerprint density at radius 2 is 1.70 bits per heavy atom. The second kappa shape index (κ2) is 10.7. The van der Waals surface area contributed by atoms with E-state index < -0.39 is 6.04 Å². The van der Waals surface area contributed by atoms with E-state index in [1.807, 2.05) is 48.5 Å². The van der Waals surface area contributed by atoms with Crippen molar-refractivity contribution in [2.75, 3.05) is 13.1 Å². The van der Waals surface area contributed by atoms with Gasteiger partial charge in [0.1, 0.15) is 6.04 Å². The summed E-state index contributed by atoms with van der Waals surface area (Å²) < 4.78 is 0. The summed E-state index contributed by atoms with van der Waals surface area (Å²) in [5.74, 6) is -0.382. The predicted molar refractivity (Wildman–Crippen MR) is 109 cm³/mol. The fourth-order valence-electron chi connectivity index (χ4n) is 3.17. The molecule has 2 aromatic rings. The van der Waals surface area contributed by atoms with E-state index in [0.29, 0.717) is 24.6 Å². The fourth-order valence-corrected chi connectivity index (χ4v) is 3.17. The molecule has 2 amide bonds. The number of hydrogen-bond donors (Lipinski definition) is 3. The molecule has 2 aromatic carbocycles. The second-order valence-electron chi connectivity index (χ2n) is 6.62. The van der Waals surface area contributed by atoms with Crippen LogP contribution in [-0.4, -0.2) is 37.0 Å². The molecule has 0 aliphatic carbocycles. The van der Waals surface area contributed by atoms with Gasteiger partial charge >= 0.3 is 0 Å². The molecule has 3 N–H and O–H groups in total. The molecule has 3 rings (SSSR count). The lowest BCUT2D eigenvalue weighted by Crippen LogP contribution is -2.50. The minimum atomic E-state index is -0.605. The molecule has 144 valence electrons. The number of hydrogen-bond acceptors (Lipinski definition) is 3.